The number of rotatable bonds is 4. The Morgan fingerprint density at radius 3 is 2.60 bits per heavy atom. The van der Waals surface area contributed by atoms with Crippen LogP contribution in [-0.2, 0) is 15.8 Å². The van der Waals surface area contributed by atoms with Crippen molar-refractivity contribution in [2.75, 3.05) is 0 Å². The summed E-state index contributed by atoms with van der Waals surface area (Å²) in [5.41, 5.74) is 0.324. The van der Waals surface area contributed by atoms with Crippen molar-refractivity contribution in [3.63, 3.8) is 0 Å². The molecule has 0 aliphatic carbocycles. The maximum atomic E-state index is 12.5. The molecular weight excluding hydrogens is 219 g/mol. The van der Waals surface area contributed by atoms with Crippen LogP contribution in [0.4, 0.5) is 4.39 Å². The highest BCUT2D eigenvalue weighted by molar-refractivity contribution is 7.88. The van der Waals surface area contributed by atoms with Gasteiger partial charge >= 0.3 is 0 Å². The Bertz CT molecular complexity index is 414. The van der Waals surface area contributed by atoms with Crippen LogP contribution < -0.4 is 4.72 Å². The van der Waals surface area contributed by atoms with Crippen LogP contribution in [0.1, 0.15) is 19.5 Å². The fraction of sp³-hybridized carbons (Fsp3) is 0.444. The summed E-state index contributed by atoms with van der Waals surface area (Å²) in [4.78, 5) is 3.68. The van der Waals surface area contributed by atoms with E-state index in [0.29, 0.717) is 5.69 Å². The van der Waals surface area contributed by atoms with Crippen LogP contribution in [0.25, 0.3) is 0 Å². The quantitative estimate of drug-likeness (QED) is 0.844. The predicted molar refractivity (Wildman–Crippen MR) is 55.1 cm³/mol. The molecule has 0 aromatic carbocycles. The molecule has 1 N–H and O–H groups in total. The zero-order chi connectivity index (χ0) is 11.5. The maximum Gasteiger partial charge on any atom is 0.217 e. The number of halogens is 1. The third-order valence-corrected chi connectivity index (χ3v) is 3.05. The molecule has 0 bridgehead atoms. The molecule has 0 amide bonds. The summed E-state index contributed by atoms with van der Waals surface area (Å²) in [7, 11) is -3.38. The summed E-state index contributed by atoms with van der Waals surface area (Å²) in [6.45, 7) is 3.46. The van der Waals surface area contributed by atoms with Gasteiger partial charge in [0.2, 0.25) is 10.0 Å². The van der Waals surface area contributed by atoms with Gasteiger partial charge in [-0.3, -0.25) is 4.98 Å². The highest BCUT2D eigenvalue weighted by Gasteiger charge is 2.13. The molecule has 0 unspecified atom stereocenters. The first kappa shape index (κ1) is 12.1. The lowest BCUT2D eigenvalue weighted by Crippen LogP contribution is -2.31. The van der Waals surface area contributed by atoms with E-state index in [2.05, 4.69) is 9.71 Å². The van der Waals surface area contributed by atoms with Crippen molar-refractivity contribution in [3.05, 3.63) is 29.8 Å². The van der Waals surface area contributed by atoms with E-state index in [1.807, 2.05) is 0 Å². The van der Waals surface area contributed by atoms with Gasteiger partial charge in [0.05, 0.1) is 11.9 Å². The van der Waals surface area contributed by atoms with Crippen molar-refractivity contribution in [3.8, 4) is 0 Å². The molecule has 6 heteroatoms. The summed E-state index contributed by atoms with van der Waals surface area (Å²) < 4.78 is 37.8. The number of nitrogens with zero attached hydrogens (tertiary/aromatic N) is 1. The molecule has 0 atom stereocenters. The summed E-state index contributed by atoms with van der Waals surface area (Å²) in [6, 6.07) is 2.39. The zero-order valence-electron chi connectivity index (χ0n) is 8.57. The van der Waals surface area contributed by atoms with Crippen molar-refractivity contribution in [1.29, 1.82) is 0 Å². The third kappa shape index (κ3) is 4.35. The first-order valence-electron chi connectivity index (χ1n) is 4.49. The van der Waals surface area contributed by atoms with E-state index < -0.39 is 15.8 Å². The molecule has 1 aromatic rings. The minimum absolute atomic E-state index is 0.157. The number of sulfonamides is 1. The molecule has 0 saturated carbocycles. The van der Waals surface area contributed by atoms with Crippen molar-refractivity contribution in [2.24, 2.45) is 0 Å². The molecule has 1 aromatic heterocycles. The fourth-order valence-corrected chi connectivity index (χ4v) is 2.45. The van der Waals surface area contributed by atoms with Gasteiger partial charge in [-0.15, -0.1) is 0 Å². The zero-order valence-corrected chi connectivity index (χ0v) is 9.38. The molecule has 4 nitrogen and oxygen atoms in total. The smallest absolute Gasteiger partial charge is 0.217 e. The van der Waals surface area contributed by atoms with Crippen LogP contribution in [0.2, 0.25) is 0 Å². The van der Waals surface area contributed by atoms with Crippen molar-refractivity contribution in [2.45, 2.75) is 25.6 Å². The third-order valence-electron chi connectivity index (χ3n) is 1.54. The highest BCUT2D eigenvalue weighted by atomic mass is 32.2. The van der Waals surface area contributed by atoms with Crippen LogP contribution in [0.3, 0.4) is 0 Å². The monoisotopic (exact) mass is 232 g/mol. The van der Waals surface area contributed by atoms with Gasteiger partial charge in [0.25, 0.3) is 0 Å². The number of pyridine rings is 1. The van der Waals surface area contributed by atoms with E-state index in [1.165, 1.54) is 12.1 Å². The average Bonchev–Trinajstić information content (AvgIpc) is 2.06. The lowest BCUT2D eigenvalue weighted by molar-refractivity contribution is 0.567. The van der Waals surface area contributed by atoms with E-state index in [1.54, 1.807) is 13.8 Å². The molecule has 0 spiro atoms. The molecule has 0 fully saturated rings. The Labute approximate surface area is 88.6 Å². The Morgan fingerprint density at radius 2 is 2.13 bits per heavy atom. The Balaban J connectivity index is 2.73. The van der Waals surface area contributed by atoms with Gasteiger partial charge in [0, 0.05) is 6.04 Å². The predicted octanol–water partition coefficient (Wildman–Crippen LogP) is 1.05. The van der Waals surface area contributed by atoms with E-state index in [9.17, 15) is 12.8 Å². The number of hydrogen-bond donors (Lipinski definition) is 1. The van der Waals surface area contributed by atoms with Gasteiger partial charge < -0.3 is 0 Å². The normalized spacial score (nSPS) is 12.0. The fourth-order valence-electron chi connectivity index (χ4n) is 1.09. The van der Waals surface area contributed by atoms with Crippen molar-refractivity contribution in [1.82, 2.24) is 9.71 Å². The van der Waals surface area contributed by atoms with E-state index in [-0.39, 0.29) is 11.8 Å². The van der Waals surface area contributed by atoms with Crippen molar-refractivity contribution >= 4 is 10.0 Å². The Morgan fingerprint density at radius 1 is 1.47 bits per heavy atom. The molecule has 0 aliphatic heterocycles. The SMILES string of the molecule is CC(C)NS(=O)(=O)Cc1ccc(F)cn1. The second kappa shape index (κ2) is 4.67. The van der Waals surface area contributed by atoms with Crippen LogP contribution in [0, 0.1) is 5.82 Å². The molecule has 0 radical (unpaired) electrons. The molecule has 1 rings (SSSR count). The van der Waals surface area contributed by atoms with Gasteiger partial charge in [-0.25, -0.2) is 17.5 Å². The maximum absolute atomic E-state index is 12.5. The molecule has 15 heavy (non-hydrogen) atoms. The number of nitrogens with one attached hydrogen (secondary N) is 1. The highest BCUT2D eigenvalue weighted by Crippen LogP contribution is 2.03. The van der Waals surface area contributed by atoms with Crippen LogP contribution in [-0.4, -0.2) is 19.4 Å². The molecule has 0 saturated heterocycles. The van der Waals surface area contributed by atoms with E-state index >= 15 is 0 Å². The Hall–Kier alpha value is -1.01. The van der Waals surface area contributed by atoms with E-state index in [4.69, 9.17) is 0 Å². The minimum atomic E-state index is -3.38. The van der Waals surface area contributed by atoms with Crippen molar-refractivity contribution < 1.29 is 12.8 Å². The van der Waals surface area contributed by atoms with Gasteiger partial charge in [0.1, 0.15) is 11.6 Å². The van der Waals surface area contributed by atoms with Gasteiger partial charge in [-0.2, -0.15) is 0 Å². The number of aromatic nitrogens is 1. The summed E-state index contributed by atoms with van der Waals surface area (Å²) in [6.07, 6.45) is 1.00. The minimum Gasteiger partial charge on any atom is -0.257 e. The summed E-state index contributed by atoms with van der Waals surface area (Å²) >= 11 is 0. The lowest BCUT2D eigenvalue weighted by atomic mass is 10.4. The van der Waals surface area contributed by atoms with Gasteiger partial charge in [0.15, 0.2) is 0 Å². The van der Waals surface area contributed by atoms with Gasteiger partial charge in [-0.1, -0.05) is 0 Å². The molecule has 1 heterocycles. The summed E-state index contributed by atoms with van der Waals surface area (Å²) in [5.74, 6) is -0.709. The largest absolute Gasteiger partial charge is 0.257 e. The van der Waals surface area contributed by atoms with Crippen LogP contribution in [0.5, 0.6) is 0 Å². The first-order valence-corrected chi connectivity index (χ1v) is 6.15. The second-order valence-electron chi connectivity index (χ2n) is 3.50. The molecular formula is C9H13FN2O2S. The molecule has 84 valence electrons. The van der Waals surface area contributed by atoms with E-state index in [0.717, 1.165) is 6.20 Å². The second-order valence-corrected chi connectivity index (χ2v) is 5.25. The molecule has 0 aliphatic rings. The number of hydrogen-bond acceptors (Lipinski definition) is 3. The average molecular weight is 232 g/mol. The standard InChI is InChI=1S/C9H13FN2O2S/c1-7(2)12-15(13,14)6-9-4-3-8(10)5-11-9/h3-5,7,12H,6H2,1-2H3. The van der Waals surface area contributed by atoms with Crippen LogP contribution in [0.15, 0.2) is 18.3 Å². The topological polar surface area (TPSA) is 59.1 Å². The Kier molecular flexibility index (Phi) is 3.76. The van der Waals surface area contributed by atoms with Gasteiger partial charge in [-0.05, 0) is 26.0 Å². The summed E-state index contributed by atoms with van der Waals surface area (Å²) in [5, 5.41) is 0. The first-order chi connectivity index (χ1) is 6.89. The van der Waals surface area contributed by atoms with Crippen LogP contribution >= 0.6 is 0 Å². The lowest BCUT2D eigenvalue weighted by Gasteiger charge is -2.08.